The first-order chi connectivity index (χ1) is 10.5. The van der Waals surface area contributed by atoms with E-state index >= 15 is 0 Å². The highest BCUT2D eigenvalue weighted by molar-refractivity contribution is 7.91. The SMILES string of the molecule is Cc1ccc(/C(N=C=S)=N\CS(=O)(=O)c2ccccc2)cc1. The normalized spacial score (nSPS) is 11.8. The Bertz CT molecular complexity index is 820. The van der Waals surface area contributed by atoms with Crippen LogP contribution in [0.3, 0.4) is 0 Å². The van der Waals surface area contributed by atoms with Crippen molar-refractivity contribution in [2.75, 3.05) is 5.88 Å². The van der Waals surface area contributed by atoms with Gasteiger partial charge in [-0.1, -0.05) is 48.0 Å². The molecule has 22 heavy (non-hydrogen) atoms. The van der Waals surface area contributed by atoms with Gasteiger partial charge in [0.25, 0.3) is 0 Å². The molecule has 0 bridgehead atoms. The highest BCUT2D eigenvalue weighted by atomic mass is 32.2. The molecule has 2 aromatic rings. The van der Waals surface area contributed by atoms with Gasteiger partial charge in [-0.3, -0.25) is 0 Å². The highest BCUT2D eigenvalue weighted by Crippen LogP contribution is 2.12. The second kappa shape index (κ2) is 7.22. The number of aliphatic imine (C=N–C) groups is 2. The molecule has 0 radical (unpaired) electrons. The predicted molar refractivity (Wildman–Crippen MR) is 91.2 cm³/mol. The zero-order chi connectivity index (χ0) is 16.0. The van der Waals surface area contributed by atoms with Crippen LogP contribution in [-0.4, -0.2) is 25.3 Å². The summed E-state index contributed by atoms with van der Waals surface area (Å²) in [7, 11) is -3.50. The van der Waals surface area contributed by atoms with E-state index in [4.69, 9.17) is 0 Å². The van der Waals surface area contributed by atoms with Crippen molar-refractivity contribution in [2.24, 2.45) is 9.98 Å². The maximum atomic E-state index is 12.2. The number of hydrogen-bond acceptors (Lipinski definition) is 4. The molecule has 0 saturated carbocycles. The number of nitrogens with zero attached hydrogens (tertiary/aromatic N) is 2. The summed E-state index contributed by atoms with van der Waals surface area (Å²) in [5.41, 5.74) is 1.79. The molecule has 0 aromatic heterocycles. The molecule has 2 rings (SSSR count). The fourth-order valence-electron chi connectivity index (χ4n) is 1.79. The molecular formula is C16H14N2O2S2. The van der Waals surface area contributed by atoms with Crippen molar-refractivity contribution < 1.29 is 8.42 Å². The van der Waals surface area contributed by atoms with E-state index in [1.165, 1.54) is 0 Å². The maximum absolute atomic E-state index is 12.2. The number of amidine groups is 1. The average Bonchev–Trinajstić information content (AvgIpc) is 2.53. The fraction of sp³-hybridized carbons (Fsp3) is 0.125. The predicted octanol–water partition coefficient (Wildman–Crippen LogP) is 3.28. The van der Waals surface area contributed by atoms with E-state index in [9.17, 15) is 8.42 Å². The van der Waals surface area contributed by atoms with Gasteiger partial charge in [-0.2, -0.15) is 4.99 Å². The van der Waals surface area contributed by atoms with Crippen LogP contribution in [0.25, 0.3) is 0 Å². The molecule has 0 atom stereocenters. The summed E-state index contributed by atoms with van der Waals surface area (Å²) >= 11 is 4.61. The summed E-state index contributed by atoms with van der Waals surface area (Å²) in [5, 5.41) is 2.24. The van der Waals surface area contributed by atoms with Crippen molar-refractivity contribution in [3.63, 3.8) is 0 Å². The lowest BCUT2D eigenvalue weighted by Gasteiger charge is -2.03. The standard InChI is InChI=1S/C16H14N2O2S2/c1-13-7-9-14(10-8-13)16(17-11-21)18-12-22(19,20)15-5-3-2-4-6-15/h2-10H,12H2,1H3/b18-16+. The number of isothiocyanates is 1. The first kappa shape index (κ1) is 16.2. The molecule has 4 nitrogen and oxygen atoms in total. The molecular weight excluding hydrogens is 316 g/mol. The van der Waals surface area contributed by atoms with Crippen molar-refractivity contribution in [1.29, 1.82) is 0 Å². The molecule has 0 heterocycles. The van der Waals surface area contributed by atoms with Crippen LogP contribution in [0.1, 0.15) is 11.1 Å². The summed E-state index contributed by atoms with van der Waals surface area (Å²) in [6, 6.07) is 15.6. The molecule has 0 N–H and O–H groups in total. The Morgan fingerprint density at radius 3 is 2.32 bits per heavy atom. The van der Waals surface area contributed by atoms with Crippen molar-refractivity contribution in [3.8, 4) is 0 Å². The zero-order valence-electron chi connectivity index (χ0n) is 11.9. The molecule has 0 fully saturated rings. The van der Waals surface area contributed by atoms with Crippen LogP contribution in [0.5, 0.6) is 0 Å². The highest BCUT2D eigenvalue weighted by Gasteiger charge is 2.13. The van der Waals surface area contributed by atoms with Crippen LogP contribution in [-0.2, 0) is 9.84 Å². The second-order valence-corrected chi connectivity index (χ2v) is 6.75. The van der Waals surface area contributed by atoms with E-state index in [-0.39, 0.29) is 16.6 Å². The smallest absolute Gasteiger partial charge is 0.198 e. The third-order valence-electron chi connectivity index (χ3n) is 2.95. The van der Waals surface area contributed by atoms with Gasteiger partial charge in [0.2, 0.25) is 0 Å². The summed E-state index contributed by atoms with van der Waals surface area (Å²) in [4.78, 5) is 8.20. The Morgan fingerprint density at radius 1 is 1.09 bits per heavy atom. The topological polar surface area (TPSA) is 58.9 Å². The van der Waals surface area contributed by atoms with Crippen LogP contribution in [0.15, 0.2) is 69.5 Å². The number of benzene rings is 2. The number of aryl methyl sites for hydroxylation is 1. The number of sulfone groups is 1. The Balaban J connectivity index is 2.32. The molecule has 6 heteroatoms. The average molecular weight is 330 g/mol. The lowest BCUT2D eigenvalue weighted by Crippen LogP contribution is -2.08. The molecule has 0 aliphatic rings. The van der Waals surface area contributed by atoms with Gasteiger partial charge >= 0.3 is 0 Å². The van der Waals surface area contributed by atoms with Crippen molar-refractivity contribution in [2.45, 2.75) is 11.8 Å². The van der Waals surface area contributed by atoms with Gasteiger partial charge in [-0.15, -0.1) is 0 Å². The quantitative estimate of drug-likeness (QED) is 0.491. The van der Waals surface area contributed by atoms with Gasteiger partial charge in [0, 0.05) is 5.56 Å². The van der Waals surface area contributed by atoms with Crippen LogP contribution in [0, 0.1) is 6.92 Å². The fourth-order valence-corrected chi connectivity index (χ4v) is 2.89. The Hall–Kier alpha value is -2.14. The number of thiocarbonyl (C=S) groups is 1. The minimum Gasteiger partial charge on any atom is -0.249 e. The third-order valence-corrected chi connectivity index (χ3v) is 4.50. The first-order valence-corrected chi connectivity index (χ1v) is 8.56. The van der Waals surface area contributed by atoms with Gasteiger partial charge in [0.05, 0.1) is 10.1 Å². The summed E-state index contributed by atoms with van der Waals surface area (Å²) in [6.45, 7) is 1.96. The van der Waals surface area contributed by atoms with Gasteiger partial charge < -0.3 is 0 Å². The molecule has 0 unspecified atom stereocenters. The second-order valence-electron chi connectivity index (χ2n) is 4.61. The minimum atomic E-state index is -3.50. The number of rotatable bonds is 4. The Morgan fingerprint density at radius 2 is 1.73 bits per heavy atom. The Kier molecular flexibility index (Phi) is 5.33. The van der Waals surface area contributed by atoms with Crippen LogP contribution in [0.2, 0.25) is 0 Å². The molecule has 0 aliphatic carbocycles. The lowest BCUT2D eigenvalue weighted by molar-refractivity contribution is 0.596. The monoisotopic (exact) mass is 330 g/mol. The van der Waals surface area contributed by atoms with E-state index in [1.807, 2.05) is 31.2 Å². The Labute approximate surface area is 135 Å². The van der Waals surface area contributed by atoms with Crippen LogP contribution >= 0.6 is 12.2 Å². The van der Waals surface area contributed by atoms with Gasteiger partial charge in [-0.25, -0.2) is 13.4 Å². The van der Waals surface area contributed by atoms with Crippen molar-refractivity contribution in [1.82, 2.24) is 0 Å². The van der Waals surface area contributed by atoms with E-state index in [2.05, 4.69) is 27.4 Å². The van der Waals surface area contributed by atoms with Gasteiger partial charge in [0.15, 0.2) is 15.7 Å². The molecule has 0 saturated heterocycles. The van der Waals surface area contributed by atoms with E-state index in [0.717, 1.165) is 5.56 Å². The van der Waals surface area contributed by atoms with E-state index in [0.29, 0.717) is 5.56 Å². The van der Waals surface area contributed by atoms with Gasteiger partial charge in [-0.05, 0) is 31.3 Å². The number of hydrogen-bond donors (Lipinski definition) is 0. The minimum absolute atomic E-state index is 0.230. The summed E-state index contributed by atoms with van der Waals surface area (Å²) in [6.07, 6.45) is 0. The largest absolute Gasteiger partial charge is 0.249 e. The molecule has 2 aromatic carbocycles. The van der Waals surface area contributed by atoms with E-state index in [1.54, 1.807) is 30.3 Å². The third kappa shape index (κ3) is 4.18. The summed E-state index contributed by atoms with van der Waals surface area (Å²) < 4.78 is 24.5. The van der Waals surface area contributed by atoms with E-state index < -0.39 is 9.84 Å². The zero-order valence-corrected chi connectivity index (χ0v) is 13.6. The molecule has 0 amide bonds. The molecule has 112 valence electrons. The van der Waals surface area contributed by atoms with Crippen LogP contribution < -0.4 is 0 Å². The lowest BCUT2D eigenvalue weighted by atomic mass is 10.1. The molecule has 0 spiro atoms. The van der Waals surface area contributed by atoms with Gasteiger partial charge in [0.1, 0.15) is 5.88 Å². The molecule has 0 aliphatic heterocycles. The van der Waals surface area contributed by atoms with Crippen molar-refractivity contribution >= 4 is 33.1 Å². The maximum Gasteiger partial charge on any atom is 0.198 e. The first-order valence-electron chi connectivity index (χ1n) is 6.50. The van der Waals surface area contributed by atoms with Crippen molar-refractivity contribution in [3.05, 3.63) is 65.7 Å². The summed E-state index contributed by atoms with van der Waals surface area (Å²) in [5.74, 6) is -0.129. The van der Waals surface area contributed by atoms with Crippen LogP contribution in [0.4, 0.5) is 0 Å².